The van der Waals surface area contributed by atoms with Crippen molar-refractivity contribution in [1.29, 1.82) is 0 Å². The Hall–Kier alpha value is -3.91. The van der Waals surface area contributed by atoms with Gasteiger partial charge in [-0.25, -0.2) is 19.0 Å². The molecule has 1 amide bonds. The Balaban J connectivity index is 1.43. The minimum Gasteiger partial charge on any atom is -0.352 e. The standard InChI is InChI=1S/C25H20FN5OS/c1-16-3-2-4-24(29-16)31-22(18-7-10-21-23(11-18)33-15-28-21)12-20(30-31)13-25(32)27-14-17-5-8-19(26)9-6-17/h2-12,15H,13-14H2,1H3,(H,27,32). The molecule has 8 heteroatoms. The first-order valence-electron chi connectivity index (χ1n) is 10.4. The van der Waals surface area contributed by atoms with Gasteiger partial charge in [-0.3, -0.25) is 4.79 Å². The molecule has 0 fully saturated rings. The predicted molar refractivity (Wildman–Crippen MR) is 127 cm³/mol. The molecule has 1 N–H and O–H groups in total. The Kier molecular flexibility index (Phi) is 5.66. The molecule has 0 aliphatic rings. The molecule has 0 aliphatic carbocycles. The van der Waals surface area contributed by atoms with Gasteiger partial charge in [-0.2, -0.15) is 5.10 Å². The summed E-state index contributed by atoms with van der Waals surface area (Å²) in [5, 5.41) is 7.58. The zero-order valence-electron chi connectivity index (χ0n) is 17.8. The minimum atomic E-state index is -0.301. The van der Waals surface area contributed by atoms with E-state index < -0.39 is 0 Å². The van der Waals surface area contributed by atoms with Crippen LogP contribution in [0, 0.1) is 12.7 Å². The highest BCUT2D eigenvalue weighted by Gasteiger charge is 2.16. The van der Waals surface area contributed by atoms with Crippen molar-refractivity contribution in [2.24, 2.45) is 0 Å². The van der Waals surface area contributed by atoms with Crippen molar-refractivity contribution in [3.63, 3.8) is 0 Å². The number of nitrogens with zero attached hydrogens (tertiary/aromatic N) is 4. The summed E-state index contributed by atoms with van der Waals surface area (Å²) in [6.45, 7) is 2.26. The lowest BCUT2D eigenvalue weighted by Crippen LogP contribution is -2.24. The van der Waals surface area contributed by atoms with E-state index in [1.807, 2.05) is 48.8 Å². The number of carbonyl (C=O) groups is 1. The minimum absolute atomic E-state index is 0.121. The second kappa shape index (κ2) is 8.91. The van der Waals surface area contributed by atoms with E-state index in [4.69, 9.17) is 5.10 Å². The molecule has 0 bridgehead atoms. The largest absolute Gasteiger partial charge is 0.352 e. The molecule has 3 heterocycles. The molecule has 0 saturated heterocycles. The van der Waals surface area contributed by atoms with Gasteiger partial charge in [0.1, 0.15) is 5.82 Å². The fourth-order valence-corrected chi connectivity index (χ4v) is 4.30. The van der Waals surface area contributed by atoms with E-state index in [0.717, 1.165) is 32.7 Å². The number of nitrogens with one attached hydrogen (secondary N) is 1. The van der Waals surface area contributed by atoms with E-state index in [-0.39, 0.29) is 18.1 Å². The van der Waals surface area contributed by atoms with Gasteiger partial charge in [0.15, 0.2) is 5.82 Å². The molecule has 0 unspecified atom stereocenters. The maximum Gasteiger partial charge on any atom is 0.226 e. The Morgan fingerprint density at radius 1 is 1.09 bits per heavy atom. The van der Waals surface area contributed by atoms with Crippen LogP contribution >= 0.6 is 11.3 Å². The van der Waals surface area contributed by atoms with Crippen LogP contribution in [0.3, 0.4) is 0 Å². The molecule has 0 spiro atoms. The lowest BCUT2D eigenvalue weighted by atomic mass is 10.1. The molecule has 5 aromatic rings. The van der Waals surface area contributed by atoms with Crippen molar-refractivity contribution in [1.82, 2.24) is 25.1 Å². The number of benzene rings is 2. The molecule has 33 heavy (non-hydrogen) atoms. The molecule has 3 aromatic heterocycles. The molecule has 5 rings (SSSR count). The van der Waals surface area contributed by atoms with Crippen molar-refractivity contribution in [3.05, 3.63) is 95.0 Å². The summed E-state index contributed by atoms with van der Waals surface area (Å²) in [6.07, 6.45) is 0.121. The summed E-state index contributed by atoms with van der Waals surface area (Å²) in [7, 11) is 0. The molecule has 164 valence electrons. The van der Waals surface area contributed by atoms with Crippen LogP contribution in [0.2, 0.25) is 0 Å². The van der Waals surface area contributed by atoms with Crippen molar-refractivity contribution >= 4 is 27.5 Å². The number of aromatic nitrogens is 4. The second-order valence-electron chi connectivity index (χ2n) is 7.68. The van der Waals surface area contributed by atoms with Crippen LogP contribution in [0.4, 0.5) is 4.39 Å². The van der Waals surface area contributed by atoms with Gasteiger partial charge in [-0.05, 0) is 55.0 Å². The SMILES string of the molecule is Cc1cccc(-n2nc(CC(=O)NCc3ccc(F)cc3)cc2-c2ccc3ncsc3c2)n1. The lowest BCUT2D eigenvalue weighted by Gasteiger charge is -2.07. The summed E-state index contributed by atoms with van der Waals surface area (Å²) in [5.41, 5.74) is 6.94. The Bertz CT molecular complexity index is 1440. The first-order chi connectivity index (χ1) is 16.0. The molecule has 0 aliphatic heterocycles. The maximum absolute atomic E-state index is 13.1. The fraction of sp³-hybridized carbons (Fsp3) is 0.120. The van der Waals surface area contributed by atoms with Crippen LogP contribution in [0.1, 0.15) is 17.0 Å². The zero-order chi connectivity index (χ0) is 22.8. The van der Waals surface area contributed by atoms with Gasteiger partial charge in [0.2, 0.25) is 5.91 Å². The first-order valence-corrected chi connectivity index (χ1v) is 11.3. The van der Waals surface area contributed by atoms with E-state index in [1.54, 1.807) is 28.2 Å². The highest BCUT2D eigenvalue weighted by molar-refractivity contribution is 7.16. The number of amides is 1. The van der Waals surface area contributed by atoms with Crippen molar-refractivity contribution in [3.8, 4) is 17.1 Å². The van der Waals surface area contributed by atoms with Gasteiger partial charge in [0, 0.05) is 17.8 Å². The van der Waals surface area contributed by atoms with Crippen molar-refractivity contribution in [2.45, 2.75) is 19.9 Å². The maximum atomic E-state index is 13.1. The van der Waals surface area contributed by atoms with Gasteiger partial charge >= 0.3 is 0 Å². The van der Waals surface area contributed by atoms with Crippen LogP contribution in [-0.4, -0.2) is 25.7 Å². The molecular weight excluding hydrogens is 437 g/mol. The average molecular weight is 458 g/mol. The Morgan fingerprint density at radius 3 is 2.76 bits per heavy atom. The smallest absolute Gasteiger partial charge is 0.226 e. The number of fused-ring (bicyclic) bond motifs is 1. The first kappa shape index (κ1) is 21.0. The average Bonchev–Trinajstić information content (AvgIpc) is 3.45. The molecule has 0 radical (unpaired) electrons. The van der Waals surface area contributed by atoms with Gasteiger partial charge in [0.05, 0.1) is 33.5 Å². The van der Waals surface area contributed by atoms with Crippen molar-refractivity contribution < 1.29 is 9.18 Å². The third-order valence-electron chi connectivity index (χ3n) is 5.22. The quantitative estimate of drug-likeness (QED) is 0.396. The lowest BCUT2D eigenvalue weighted by molar-refractivity contribution is -0.120. The van der Waals surface area contributed by atoms with Gasteiger partial charge in [0.25, 0.3) is 0 Å². The van der Waals surface area contributed by atoms with E-state index in [1.165, 1.54) is 12.1 Å². The number of aryl methyl sites for hydroxylation is 1. The van der Waals surface area contributed by atoms with Gasteiger partial charge in [-0.15, -0.1) is 11.3 Å². The summed E-state index contributed by atoms with van der Waals surface area (Å²) < 4.78 is 15.9. The molecule has 0 atom stereocenters. The monoisotopic (exact) mass is 457 g/mol. The highest BCUT2D eigenvalue weighted by Crippen LogP contribution is 2.28. The third-order valence-corrected chi connectivity index (χ3v) is 6.01. The Morgan fingerprint density at radius 2 is 1.94 bits per heavy atom. The topological polar surface area (TPSA) is 72.7 Å². The van der Waals surface area contributed by atoms with Gasteiger partial charge < -0.3 is 5.32 Å². The van der Waals surface area contributed by atoms with E-state index in [0.29, 0.717) is 18.1 Å². The molecule has 0 saturated carbocycles. The van der Waals surface area contributed by atoms with E-state index >= 15 is 0 Å². The predicted octanol–water partition coefficient (Wildman–Crippen LogP) is 4.85. The summed E-state index contributed by atoms with van der Waals surface area (Å²) in [6, 6.07) is 19.8. The second-order valence-corrected chi connectivity index (χ2v) is 8.57. The zero-order valence-corrected chi connectivity index (χ0v) is 18.6. The fourth-order valence-electron chi connectivity index (χ4n) is 3.59. The number of carbonyl (C=O) groups excluding carboxylic acids is 1. The molecule has 6 nitrogen and oxygen atoms in total. The molecule has 2 aromatic carbocycles. The van der Waals surface area contributed by atoms with Crippen LogP contribution < -0.4 is 5.32 Å². The number of rotatable bonds is 6. The number of hydrogen-bond acceptors (Lipinski definition) is 5. The number of pyridine rings is 1. The van der Waals surface area contributed by atoms with Gasteiger partial charge in [-0.1, -0.05) is 24.3 Å². The number of halogens is 1. The van der Waals surface area contributed by atoms with E-state index in [2.05, 4.69) is 21.4 Å². The normalized spacial score (nSPS) is 11.1. The highest BCUT2D eigenvalue weighted by atomic mass is 32.1. The van der Waals surface area contributed by atoms with Crippen molar-refractivity contribution in [2.75, 3.05) is 0 Å². The summed E-state index contributed by atoms with van der Waals surface area (Å²) in [5.74, 6) is 0.224. The van der Waals surface area contributed by atoms with Crippen LogP contribution in [-0.2, 0) is 17.8 Å². The van der Waals surface area contributed by atoms with Crippen LogP contribution in [0.5, 0.6) is 0 Å². The van der Waals surface area contributed by atoms with Crippen LogP contribution in [0.25, 0.3) is 27.3 Å². The summed E-state index contributed by atoms with van der Waals surface area (Å²) in [4.78, 5) is 21.6. The number of hydrogen-bond donors (Lipinski definition) is 1. The molecular formula is C25H20FN5OS. The summed E-state index contributed by atoms with van der Waals surface area (Å²) >= 11 is 1.58. The van der Waals surface area contributed by atoms with E-state index in [9.17, 15) is 9.18 Å². The number of thiazole rings is 1. The van der Waals surface area contributed by atoms with Crippen LogP contribution in [0.15, 0.2) is 72.2 Å². The third kappa shape index (κ3) is 4.65. The Labute approximate surface area is 193 Å².